The fourth-order valence-electron chi connectivity index (χ4n) is 0.533. The van der Waals surface area contributed by atoms with E-state index in [0.29, 0.717) is 0 Å². The third kappa shape index (κ3) is 4.21. The van der Waals surface area contributed by atoms with Gasteiger partial charge in [-0.2, -0.15) is 0 Å². The second-order valence-corrected chi connectivity index (χ2v) is 4.38. The van der Waals surface area contributed by atoms with Crippen molar-refractivity contribution in [1.29, 1.82) is 0 Å². The van der Waals surface area contributed by atoms with Gasteiger partial charge in [0.05, 0.1) is 5.75 Å². The third-order valence-electron chi connectivity index (χ3n) is 0.820. The molecule has 0 amide bonds. The van der Waals surface area contributed by atoms with Crippen LogP contribution in [-0.4, -0.2) is 14.2 Å². The molecular formula is C6H12O2S. The summed E-state index contributed by atoms with van der Waals surface area (Å²) in [6, 6.07) is 0. The quantitative estimate of drug-likeness (QED) is 0.602. The van der Waals surface area contributed by atoms with Crippen molar-refractivity contribution in [2.24, 2.45) is 5.92 Å². The minimum absolute atomic E-state index is 0.188. The Balaban J connectivity index is 4.05. The molecule has 0 aromatic carbocycles. The smallest absolute Gasteiger partial charge is 0.171 e. The van der Waals surface area contributed by atoms with Gasteiger partial charge in [0.2, 0.25) is 0 Å². The Morgan fingerprint density at radius 2 is 2.00 bits per heavy atom. The Labute approximate surface area is 56.5 Å². The van der Waals surface area contributed by atoms with Crippen LogP contribution in [-0.2, 0) is 9.84 Å². The van der Waals surface area contributed by atoms with Crippen LogP contribution in [0.3, 0.4) is 0 Å². The summed E-state index contributed by atoms with van der Waals surface area (Å²) < 4.78 is 21.4. The Morgan fingerprint density at radius 3 is 2.11 bits per heavy atom. The zero-order chi connectivity index (χ0) is 7.49. The van der Waals surface area contributed by atoms with E-state index in [4.69, 9.17) is 0 Å². The SMILES string of the molecule is C=CS(=O)(=O)CC(C)C. The first-order valence-electron chi connectivity index (χ1n) is 2.83. The molecule has 0 saturated carbocycles. The summed E-state index contributed by atoms with van der Waals surface area (Å²) in [6.07, 6.45) is 0. The molecule has 0 N–H and O–H groups in total. The second-order valence-electron chi connectivity index (χ2n) is 2.39. The molecule has 0 bridgehead atoms. The van der Waals surface area contributed by atoms with E-state index in [9.17, 15) is 8.42 Å². The molecule has 54 valence electrons. The highest BCUT2D eigenvalue weighted by Gasteiger charge is 2.06. The van der Waals surface area contributed by atoms with E-state index >= 15 is 0 Å². The van der Waals surface area contributed by atoms with Crippen molar-refractivity contribution in [3.8, 4) is 0 Å². The van der Waals surface area contributed by atoms with Crippen LogP contribution in [0.15, 0.2) is 12.0 Å². The van der Waals surface area contributed by atoms with Crippen LogP contribution in [0.4, 0.5) is 0 Å². The van der Waals surface area contributed by atoms with Gasteiger partial charge in [0, 0.05) is 5.41 Å². The predicted molar refractivity (Wildman–Crippen MR) is 38.8 cm³/mol. The molecule has 0 aliphatic rings. The molecule has 0 saturated heterocycles. The summed E-state index contributed by atoms with van der Waals surface area (Å²) in [5.41, 5.74) is 0. The topological polar surface area (TPSA) is 34.1 Å². The summed E-state index contributed by atoms with van der Waals surface area (Å²) in [6.45, 7) is 6.92. The van der Waals surface area contributed by atoms with Gasteiger partial charge in [-0.05, 0) is 5.92 Å². The second kappa shape index (κ2) is 3.01. The predicted octanol–water partition coefficient (Wildman–Crippen LogP) is 1.20. The molecule has 0 unspecified atom stereocenters. The summed E-state index contributed by atoms with van der Waals surface area (Å²) in [4.78, 5) is 0. The molecule has 0 radical (unpaired) electrons. The molecule has 9 heavy (non-hydrogen) atoms. The van der Waals surface area contributed by atoms with Crippen molar-refractivity contribution in [3.63, 3.8) is 0 Å². The van der Waals surface area contributed by atoms with Crippen LogP contribution in [0, 0.1) is 5.92 Å². The third-order valence-corrected chi connectivity index (χ3v) is 2.46. The summed E-state index contributed by atoms with van der Waals surface area (Å²) >= 11 is 0. The highest BCUT2D eigenvalue weighted by Crippen LogP contribution is 1.99. The summed E-state index contributed by atoms with van der Waals surface area (Å²) in [7, 11) is -2.95. The highest BCUT2D eigenvalue weighted by atomic mass is 32.2. The van der Waals surface area contributed by atoms with E-state index in [-0.39, 0.29) is 11.7 Å². The first-order valence-corrected chi connectivity index (χ1v) is 4.54. The van der Waals surface area contributed by atoms with E-state index in [0.717, 1.165) is 5.41 Å². The Hall–Kier alpha value is -0.310. The number of sulfone groups is 1. The van der Waals surface area contributed by atoms with Crippen molar-refractivity contribution in [1.82, 2.24) is 0 Å². The van der Waals surface area contributed by atoms with E-state index in [1.807, 2.05) is 13.8 Å². The zero-order valence-electron chi connectivity index (χ0n) is 5.79. The molecule has 3 heteroatoms. The summed E-state index contributed by atoms with van der Waals surface area (Å²) in [5.74, 6) is 0.393. The van der Waals surface area contributed by atoms with Crippen molar-refractivity contribution in [2.45, 2.75) is 13.8 Å². The van der Waals surface area contributed by atoms with Crippen molar-refractivity contribution < 1.29 is 8.42 Å². The maximum Gasteiger partial charge on any atom is 0.171 e. The van der Waals surface area contributed by atoms with Crippen LogP contribution < -0.4 is 0 Å². The van der Waals surface area contributed by atoms with Gasteiger partial charge in [-0.15, -0.1) is 0 Å². The molecule has 0 aliphatic heterocycles. The number of hydrogen-bond acceptors (Lipinski definition) is 2. The van der Waals surface area contributed by atoms with Crippen molar-refractivity contribution in [3.05, 3.63) is 12.0 Å². The van der Waals surface area contributed by atoms with Gasteiger partial charge in [-0.25, -0.2) is 8.42 Å². The normalized spacial score (nSPS) is 11.9. The Bertz CT molecular complexity index is 177. The van der Waals surface area contributed by atoms with Crippen molar-refractivity contribution in [2.75, 3.05) is 5.75 Å². The molecule has 0 aliphatic carbocycles. The molecule has 0 heterocycles. The van der Waals surface area contributed by atoms with Gasteiger partial charge < -0.3 is 0 Å². The van der Waals surface area contributed by atoms with E-state index in [1.165, 1.54) is 0 Å². The zero-order valence-corrected chi connectivity index (χ0v) is 6.61. The first-order chi connectivity index (χ1) is 3.98. The standard InChI is InChI=1S/C6H12O2S/c1-4-9(7,8)5-6(2)3/h4,6H,1,5H2,2-3H3. The van der Waals surface area contributed by atoms with Crippen LogP contribution in [0.5, 0.6) is 0 Å². The average Bonchev–Trinajstić information content (AvgIpc) is 1.63. The molecule has 0 fully saturated rings. The minimum atomic E-state index is -2.95. The first kappa shape index (κ1) is 8.69. The van der Waals surface area contributed by atoms with Crippen molar-refractivity contribution >= 4 is 9.84 Å². The lowest BCUT2D eigenvalue weighted by Crippen LogP contribution is -2.07. The van der Waals surface area contributed by atoms with Gasteiger partial charge in [-0.3, -0.25) is 0 Å². The van der Waals surface area contributed by atoms with Crippen LogP contribution in [0.1, 0.15) is 13.8 Å². The van der Waals surface area contributed by atoms with Gasteiger partial charge in [0.25, 0.3) is 0 Å². The fraction of sp³-hybridized carbons (Fsp3) is 0.667. The molecule has 2 nitrogen and oxygen atoms in total. The van der Waals surface area contributed by atoms with E-state index in [1.54, 1.807) is 0 Å². The van der Waals surface area contributed by atoms with Gasteiger partial charge in [-0.1, -0.05) is 20.4 Å². The Kier molecular flexibility index (Phi) is 2.91. The van der Waals surface area contributed by atoms with Gasteiger partial charge >= 0.3 is 0 Å². The van der Waals surface area contributed by atoms with Gasteiger partial charge in [0.15, 0.2) is 9.84 Å². The molecule has 0 rings (SSSR count). The number of hydrogen-bond donors (Lipinski definition) is 0. The molecule has 0 aromatic heterocycles. The monoisotopic (exact) mass is 148 g/mol. The number of rotatable bonds is 3. The Morgan fingerprint density at radius 1 is 1.56 bits per heavy atom. The average molecular weight is 148 g/mol. The maximum absolute atomic E-state index is 10.7. The molecule has 0 atom stereocenters. The van der Waals surface area contributed by atoms with E-state index < -0.39 is 9.84 Å². The van der Waals surface area contributed by atoms with E-state index in [2.05, 4.69) is 6.58 Å². The largest absolute Gasteiger partial charge is 0.224 e. The van der Waals surface area contributed by atoms with Crippen LogP contribution in [0.25, 0.3) is 0 Å². The van der Waals surface area contributed by atoms with Crippen LogP contribution in [0.2, 0.25) is 0 Å². The fourth-order valence-corrected chi connectivity index (χ4v) is 1.60. The highest BCUT2D eigenvalue weighted by molar-refractivity contribution is 7.94. The minimum Gasteiger partial charge on any atom is -0.224 e. The lowest BCUT2D eigenvalue weighted by atomic mass is 10.3. The van der Waals surface area contributed by atoms with Gasteiger partial charge in [0.1, 0.15) is 0 Å². The molecule has 0 aromatic rings. The summed E-state index contributed by atoms with van der Waals surface area (Å²) in [5, 5.41) is 1.01. The lowest BCUT2D eigenvalue weighted by Gasteiger charge is -1.99. The van der Waals surface area contributed by atoms with Crippen LogP contribution >= 0.6 is 0 Å². The molecule has 0 spiro atoms. The lowest BCUT2D eigenvalue weighted by molar-refractivity contribution is 0.591. The molecular weight excluding hydrogens is 136 g/mol. The maximum atomic E-state index is 10.7.